The molecule has 5 heteroatoms. The molecule has 0 spiro atoms. The molecule has 0 aliphatic carbocycles. The molecule has 1 N–H and O–H groups in total. The first-order valence-electron chi connectivity index (χ1n) is 6.14. The van der Waals surface area contributed by atoms with E-state index in [2.05, 4.69) is 5.10 Å². The van der Waals surface area contributed by atoms with Crippen LogP contribution in [-0.2, 0) is 24.1 Å². The number of nitrogens with zero attached hydrogens (tertiary/aromatic N) is 2. The van der Waals surface area contributed by atoms with E-state index in [0.29, 0.717) is 31.1 Å². The van der Waals surface area contributed by atoms with Crippen LogP contribution >= 0.6 is 11.6 Å². The van der Waals surface area contributed by atoms with Gasteiger partial charge in [-0.15, -0.1) is 0 Å². The third kappa shape index (κ3) is 2.49. The SMILES string of the molecule is CCc1nn(CC)c(CC2(O)CCOC2)c1Cl. The maximum atomic E-state index is 10.3. The Morgan fingerprint density at radius 2 is 2.29 bits per heavy atom. The normalized spacial score (nSPS) is 24.5. The summed E-state index contributed by atoms with van der Waals surface area (Å²) in [6, 6.07) is 0. The highest BCUT2D eigenvalue weighted by atomic mass is 35.5. The molecule has 1 saturated heterocycles. The summed E-state index contributed by atoms with van der Waals surface area (Å²) in [5.41, 5.74) is 1.06. The zero-order chi connectivity index (χ0) is 12.5. The molecular formula is C12H19ClN2O2. The van der Waals surface area contributed by atoms with Crippen molar-refractivity contribution in [1.82, 2.24) is 9.78 Å². The summed E-state index contributed by atoms with van der Waals surface area (Å²) in [6.45, 7) is 5.84. The molecule has 0 aromatic carbocycles. The van der Waals surface area contributed by atoms with Crippen molar-refractivity contribution in [2.75, 3.05) is 13.2 Å². The fourth-order valence-electron chi connectivity index (χ4n) is 2.23. The Kier molecular flexibility index (Phi) is 3.76. The van der Waals surface area contributed by atoms with Crippen molar-refractivity contribution in [3.63, 3.8) is 0 Å². The highest BCUT2D eigenvalue weighted by molar-refractivity contribution is 6.31. The second kappa shape index (κ2) is 4.96. The monoisotopic (exact) mass is 258 g/mol. The molecule has 1 unspecified atom stereocenters. The summed E-state index contributed by atoms with van der Waals surface area (Å²) in [5.74, 6) is 0. The molecule has 0 radical (unpaired) electrons. The fraction of sp³-hybridized carbons (Fsp3) is 0.750. The second-order valence-corrected chi connectivity index (χ2v) is 4.96. The fourth-order valence-corrected chi connectivity index (χ4v) is 2.57. The van der Waals surface area contributed by atoms with Gasteiger partial charge < -0.3 is 9.84 Å². The van der Waals surface area contributed by atoms with Crippen LogP contribution in [0.1, 0.15) is 31.7 Å². The summed E-state index contributed by atoms with van der Waals surface area (Å²) in [4.78, 5) is 0. The van der Waals surface area contributed by atoms with Crippen molar-refractivity contribution < 1.29 is 9.84 Å². The molecule has 1 aromatic rings. The lowest BCUT2D eigenvalue weighted by atomic mass is 9.96. The van der Waals surface area contributed by atoms with Crippen LogP contribution in [0.2, 0.25) is 5.02 Å². The summed E-state index contributed by atoms with van der Waals surface area (Å²) in [7, 11) is 0. The van der Waals surface area contributed by atoms with Crippen LogP contribution < -0.4 is 0 Å². The molecule has 0 saturated carbocycles. The van der Waals surface area contributed by atoms with Gasteiger partial charge in [0.2, 0.25) is 0 Å². The van der Waals surface area contributed by atoms with Crippen molar-refractivity contribution in [3.05, 3.63) is 16.4 Å². The Morgan fingerprint density at radius 3 is 2.82 bits per heavy atom. The minimum absolute atomic E-state index is 0.389. The molecule has 0 bridgehead atoms. The van der Waals surface area contributed by atoms with Gasteiger partial charge in [-0.3, -0.25) is 4.68 Å². The van der Waals surface area contributed by atoms with Crippen molar-refractivity contribution in [3.8, 4) is 0 Å². The van der Waals surface area contributed by atoms with Gasteiger partial charge in [0.1, 0.15) is 0 Å². The first-order valence-corrected chi connectivity index (χ1v) is 6.51. The number of hydrogen-bond acceptors (Lipinski definition) is 3. The number of halogens is 1. The van der Waals surface area contributed by atoms with E-state index in [1.807, 2.05) is 18.5 Å². The average molecular weight is 259 g/mol. The first-order chi connectivity index (χ1) is 8.09. The van der Waals surface area contributed by atoms with E-state index in [-0.39, 0.29) is 0 Å². The summed E-state index contributed by atoms with van der Waals surface area (Å²) in [6.07, 6.45) is 2.00. The Bertz CT molecular complexity index is 397. The van der Waals surface area contributed by atoms with Crippen molar-refractivity contribution >= 4 is 11.6 Å². The van der Waals surface area contributed by atoms with Gasteiger partial charge >= 0.3 is 0 Å². The molecule has 4 nitrogen and oxygen atoms in total. The quantitative estimate of drug-likeness (QED) is 0.896. The van der Waals surface area contributed by atoms with E-state index in [4.69, 9.17) is 16.3 Å². The van der Waals surface area contributed by atoms with Crippen LogP contribution in [0.4, 0.5) is 0 Å². The Hall–Kier alpha value is -0.580. The van der Waals surface area contributed by atoms with Gasteiger partial charge in [-0.05, 0) is 13.3 Å². The molecular weight excluding hydrogens is 240 g/mol. The van der Waals surface area contributed by atoms with Gasteiger partial charge in [-0.1, -0.05) is 18.5 Å². The van der Waals surface area contributed by atoms with E-state index < -0.39 is 5.60 Å². The average Bonchev–Trinajstić information content (AvgIpc) is 2.86. The molecule has 1 aliphatic heterocycles. The smallest absolute Gasteiger partial charge is 0.0957 e. The Labute approximate surface area is 107 Å². The summed E-state index contributed by atoms with van der Waals surface area (Å²) >= 11 is 6.31. The number of rotatable bonds is 4. The van der Waals surface area contributed by atoms with Crippen LogP contribution in [0.3, 0.4) is 0 Å². The Morgan fingerprint density at radius 1 is 1.53 bits per heavy atom. The molecule has 17 heavy (non-hydrogen) atoms. The van der Waals surface area contributed by atoms with E-state index in [1.54, 1.807) is 0 Å². The maximum absolute atomic E-state index is 10.3. The molecule has 2 heterocycles. The summed E-state index contributed by atoms with van der Waals surface area (Å²) in [5, 5.41) is 15.5. The van der Waals surface area contributed by atoms with Gasteiger partial charge in [-0.25, -0.2) is 0 Å². The van der Waals surface area contributed by atoms with Gasteiger partial charge in [0.25, 0.3) is 0 Å². The minimum atomic E-state index is -0.776. The van der Waals surface area contributed by atoms with Gasteiger partial charge in [0.05, 0.1) is 28.6 Å². The van der Waals surface area contributed by atoms with Crippen molar-refractivity contribution in [2.45, 2.75) is 45.3 Å². The second-order valence-electron chi connectivity index (χ2n) is 4.58. The van der Waals surface area contributed by atoms with E-state index in [0.717, 1.165) is 24.4 Å². The van der Waals surface area contributed by atoms with Crippen molar-refractivity contribution in [1.29, 1.82) is 0 Å². The number of aryl methyl sites for hydroxylation is 2. The van der Waals surface area contributed by atoms with Crippen LogP contribution in [-0.4, -0.2) is 33.7 Å². The predicted octanol–water partition coefficient (Wildman–Crippen LogP) is 1.81. The minimum Gasteiger partial charge on any atom is -0.387 e. The molecule has 2 rings (SSSR count). The van der Waals surface area contributed by atoms with Gasteiger partial charge in [-0.2, -0.15) is 5.10 Å². The maximum Gasteiger partial charge on any atom is 0.0957 e. The van der Waals surface area contributed by atoms with E-state index in [1.165, 1.54) is 0 Å². The topological polar surface area (TPSA) is 47.3 Å². The largest absolute Gasteiger partial charge is 0.387 e. The molecule has 1 atom stereocenters. The van der Waals surface area contributed by atoms with Gasteiger partial charge in [0, 0.05) is 26.0 Å². The number of aromatic nitrogens is 2. The lowest BCUT2D eigenvalue weighted by Gasteiger charge is -2.20. The lowest BCUT2D eigenvalue weighted by molar-refractivity contribution is 0.0254. The van der Waals surface area contributed by atoms with Crippen molar-refractivity contribution in [2.24, 2.45) is 0 Å². The van der Waals surface area contributed by atoms with Crippen LogP contribution in [0.5, 0.6) is 0 Å². The molecule has 0 amide bonds. The highest BCUT2D eigenvalue weighted by Crippen LogP contribution is 2.29. The number of hydrogen-bond donors (Lipinski definition) is 1. The molecule has 96 valence electrons. The molecule has 1 aliphatic rings. The van der Waals surface area contributed by atoms with Gasteiger partial charge in [0.15, 0.2) is 0 Å². The number of ether oxygens (including phenoxy) is 1. The van der Waals surface area contributed by atoms with E-state index in [9.17, 15) is 5.11 Å². The third-order valence-electron chi connectivity index (χ3n) is 3.27. The third-order valence-corrected chi connectivity index (χ3v) is 3.71. The zero-order valence-electron chi connectivity index (χ0n) is 10.4. The van der Waals surface area contributed by atoms with Crippen LogP contribution in [0, 0.1) is 0 Å². The van der Waals surface area contributed by atoms with E-state index >= 15 is 0 Å². The Balaban J connectivity index is 2.27. The van der Waals surface area contributed by atoms with Crippen LogP contribution in [0.25, 0.3) is 0 Å². The summed E-state index contributed by atoms with van der Waals surface area (Å²) < 4.78 is 7.14. The highest BCUT2D eigenvalue weighted by Gasteiger charge is 2.34. The lowest BCUT2D eigenvalue weighted by Crippen LogP contribution is -2.32. The first kappa shape index (κ1) is 12.9. The number of aliphatic hydroxyl groups is 1. The molecule has 1 fully saturated rings. The predicted molar refractivity (Wildman–Crippen MR) is 66.4 cm³/mol. The molecule has 1 aromatic heterocycles. The standard InChI is InChI=1S/C12H19ClN2O2/c1-3-9-11(13)10(15(4-2)14-9)7-12(16)5-6-17-8-12/h16H,3-8H2,1-2H3. The van der Waals surface area contributed by atoms with Crippen LogP contribution in [0.15, 0.2) is 0 Å². The zero-order valence-corrected chi connectivity index (χ0v) is 11.1.